The number of carbonyl (C=O) groups is 9. The highest BCUT2D eigenvalue weighted by Crippen LogP contribution is 2.28. The number of ether oxygens (including phenoxy) is 1. The largest absolute Gasteiger partial charge is 0.452 e. The fourth-order valence-corrected chi connectivity index (χ4v) is 8.39. The van der Waals surface area contributed by atoms with E-state index in [1.54, 1.807) is 65.8 Å². The average molecular weight is 971 g/mol. The van der Waals surface area contributed by atoms with E-state index in [1.165, 1.54) is 75.5 Å². The van der Waals surface area contributed by atoms with E-state index in [0.29, 0.717) is 12.0 Å². The van der Waals surface area contributed by atoms with Gasteiger partial charge in [-0.1, -0.05) is 78.8 Å². The lowest BCUT2D eigenvalue weighted by atomic mass is 9.81. The molecular formula is C50H82N8O11. The maximum Gasteiger partial charge on any atom is 0.311 e. The van der Waals surface area contributed by atoms with Crippen LogP contribution in [0.3, 0.4) is 0 Å². The van der Waals surface area contributed by atoms with Crippen LogP contribution in [0.5, 0.6) is 0 Å². The molecule has 2 rings (SSSR count). The highest BCUT2D eigenvalue weighted by atomic mass is 16.5. The van der Waals surface area contributed by atoms with Crippen LogP contribution in [0.1, 0.15) is 108 Å². The first-order chi connectivity index (χ1) is 32.0. The van der Waals surface area contributed by atoms with Crippen LogP contribution in [0.15, 0.2) is 30.3 Å². The fraction of sp³-hybridized carbons (Fsp3) is 0.700. The minimum absolute atomic E-state index is 0.0502. The van der Waals surface area contributed by atoms with E-state index in [0.717, 1.165) is 0 Å². The molecule has 0 aliphatic carbocycles. The Morgan fingerprint density at radius 3 is 1.78 bits per heavy atom. The molecule has 0 spiro atoms. The minimum atomic E-state index is -1.57. The molecule has 19 heteroatoms. The quantitative estimate of drug-likeness (QED) is 0.236. The first kappa shape index (κ1) is 59.5. The Bertz CT molecular complexity index is 1960. The van der Waals surface area contributed by atoms with Crippen LogP contribution in [-0.2, 0) is 54.3 Å². The SMILES string of the molecule is CC[C@H](C)[C@@H]1OC(=O)[C@@H](C)[C@@H](CC)NC(=O)[C@H](C)N(C)C(=O)C(C)(C)C(O)[C@@H](C)NC(=O)[C@H](Cc2ccccc2)N(C)C(=O)[C@H](C(C)C)N(C)C(=O)CNC(=O)[C@H](CC(C)C)N(C)C(=O)CNC1=O. The lowest BCUT2D eigenvalue weighted by Gasteiger charge is -2.39. The van der Waals surface area contributed by atoms with Crippen molar-refractivity contribution < 1.29 is 53.0 Å². The molecule has 8 amide bonds. The Kier molecular flexibility index (Phi) is 22.8. The summed E-state index contributed by atoms with van der Waals surface area (Å²) in [4.78, 5) is 130. The smallest absolute Gasteiger partial charge is 0.311 e. The van der Waals surface area contributed by atoms with Crippen LogP contribution < -0.4 is 21.3 Å². The normalized spacial score (nSPS) is 28.2. The van der Waals surface area contributed by atoms with Gasteiger partial charge in [0.15, 0.2) is 6.10 Å². The molecule has 10 atom stereocenters. The van der Waals surface area contributed by atoms with Gasteiger partial charge in [-0.05, 0) is 71.3 Å². The molecule has 0 radical (unpaired) electrons. The van der Waals surface area contributed by atoms with Gasteiger partial charge in [0.1, 0.15) is 24.2 Å². The van der Waals surface area contributed by atoms with E-state index in [9.17, 15) is 48.3 Å². The zero-order valence-corrected chi connectivity index (χ0v) is 43.9. The number of carbonyl (C=O) groups excluding carboxylic acids is 9. The third-order valence-electron chi connectivity index (χ3n) is 13.6. The summed E-state index contributed by atoms with van der Waals surface area (Å²) in [5.41, 5.74) is -0.857. The lowest BCUT2D eigenvalue weighted by Crippen LogP contribution is -2.61. The molecule has 1 aromatic carbocycles. The van der Waals surface area contributed by atoms with E-state index in [1.807, 2.05) is 19.9 Å². The third-order valence-corrected chi connectivity index (χ3v) is 13.6. The van der Waals surface area contributed by atoms with Crippen molar-refractivity contribution in [1.82, 2.24) is 40.9 Å². The predicted octanol–water partition coefficient (Wildman–Crippen LogP) is 1.89. The number of benzene rings is 1. The fourth-order valence-electron chi connectivity index (χ4n) is 8.39. The zero-order valence-electron chi connectivity index (χ0n) is 43.9. The molecule has 1 aromatic rings. The van der Waals surface area contributed by atoms with Gasteiger partial charge >= 0.3 is 5.97 Å². The molecule has 1 saturated heterocycles. The second kappa shape index (κ2) is 26.4. The second-order valence-corrected chi connectivity index (χ2v) is 20.0. The van der Waals surface area contributed by atoms with Crippen molar-refractivity contribution in [2.24, 2.45) is 29.1 Å². The number of hydrogen-bond donors (Lipinski definition) is 5. The number of amides is 8. The van der Waals surface area contributed by atoms with E-state index in [-0.39, 0.29) is 25.2 Å². The van der Waals surface area contributed by atoms with Crippen molar-refractivity contribution in [2.75, 3.05) is 41.3 Å². The Morgan fingerprint density at radius 2 is 1.26 bits per heavy atom. The molecule has 0 bridgehead atoms. The summed E-state index contributed by atoms with van der Waals surface area (Å²) in [5.74, 6) is -7.84. The average Bonchev–Trinajstić information content (AvgIpc) is 3.31. The summed E-state index contributed by atoms with van der Waals surface area (Å²) in [6.45, 7) is 18.9. The van der Waals surface area contributed by atoms with E-state index >= 15 is 0 Å². The molecule has 5 N–H and O–H groups in total. The Balaban J connectivity index is 2.69. The number of nitrogens with one attached hydrogen (secondary N) is 4. The van der Waals surface area contributed by atoms with Gasteiger partial charge in [-0.2, -0.15) is 0 Å². The summed E-state index contributed by atoms with van der Waals surface area (Å²) in [6.07, 6.45) is -1.86. The summed E-state index contributed by atoms with van der Waals surface area (Å²) >= 11 is 0. The van der Waals surface area contributed by atoms with E-state index in [4.69, 9.17) is 4.74 Å². The Labute approximate surface area is 409 Å². The van der Waals surface area contributed by atoms with Gasteiger partial charge in [-0.25, -0.2) is 0 Å². The van der Waals surface area contributed by atoms with Gasteiger partial charge in [-0.15, -0.1) is 0 Å². The van der Waals surface area contributed by atoms with E-state index in [2.05, 4.69) is 21.3 Å². The maximum absolute atomic E-state index is 14.5. The number of esters is 1. The standard InChI is InChI=1S/C50H82N8O11/c1-17-30(7)41-46(65)52-26-38(59)56(14)36(24-28(3)4)44(63)51-27-39(60)58(16)40(29(5)6)47(66)57(15)37(25-34-22-20-19-21-23-34)45(64)53-32(9)42(61)50(11,12)49(68)55(13)33(10)43(62)54-35(18-2)31(8)48(67)69-41/h19-23,28-33,35-37,40-42,61H,17-18,24-27H2,1-16H3,(H,51,63)(H,52,65)(H,53,64)(H,54,62)/t30-,31-,32+,33-,35+,36-,37-,40-,41-,42?/m0/s1. The molecule has 0 aromatic heterocycles. The molecule has 0 saturated carbocycles. The number of rotatable bonds is 8. The molecule has 1 aliphatic heterocycles. The summed E-state index contributed by atoms with van der Waals surface area (Å²) in [5, 5.41) is 22.6. The van der Waals surface area contributed by atoms with Gasteiger partial charge < -0.3 is 50.7 Å². The number of cyclic esters (lactones) is 1. The number of likely N-dealkylation sites (N-methyl/N-ethyl adjacent to an activating group) is 4. The van der Waals surface area contributed by atoms with Gasteiger partial charge in [0.05, 0.1) is 36.6 Å². The van der Waals surface area contributed by atoms with Gasteiger partial charge in [-0.3, -0.25) is 43.2 Å². The number of hydrogen-bond acceptors (Lipinski definition) is 11. The summed E-state index contributed by atoms with van der Waals surface area (Å²) in [7, 11) is 5.70. The van der Waals surface area contributed by atoms with Crippen molar-refractivity contribution in [3.63, 3.8) is 0 Å². The molecule has 19 nitrogen and oxygen atoms in total. The molecule has 69 heavy (non-hydrogen) atoms. The van der Waals surface area contributed by atoms with Crippen molar-refractivity contribution in [3.8, 4) is 0 Å². The Morgan fingerprint density at radius 1 is 0.710 bits per heavy atom. The molecule has 1 unspecified atom stereocenters. The summed E-state index contributed by atoms with van der Waals surface area (Å²) in [6, 6.07) is 2.71. The van der Waals surface area contributed by atoms with Crippen molar-refractivity contribution >= 4 is 53.2 Å². The maximum atomic E-state index is 14.5. The first-order valence-corrected chi connectivity index (χ1v) is 24.2. The molecular weight excluding hydrogens is 889 g/mol. The number of aliphatic hydroxyl groups excluding tert-OH is 1. The van der Waals surface area contributed by atoms with Crippen LogP contribution in [-0.4, -0.2) is 168 Å². The highest BCUT2D eigenvalue weighted by Gasteiger charge is 2.45. The van der Waals surface area contributed by atoms with Crippen LogP contribution >= 0.6 is 0 Å². The van der Waals surface area contributed by atoms with Crippen LogP contribution in [0, 0.1) is 29.1 Å². The topological polar surface area (TPSA) is 244 Å². The number of aliphatic hydroxyl groups is 1. The minimum Gasteiger partial charge on any atom is -0.452 e. The van der Waals surface area contributed by atoms with E-state index < -0.39 is 138 Å². The monoisotopic (exact) mass is 971 g/mol. The van der Waals surface area contributed by atoms with Crippen molar-refractivity contribution in [1.29, 1.82) is 0 Å². The van der Waals surface area contributed by atoms with Crippen LogP contribution in [0.2, 0.25) is 0 Å². The van der Waals surface area contributed by atoms with Crippen LogP contribution in [0.25, 0.3) is 0 Å². The van der Waals surface area contributed by atoms with Gasteiger partial charge in [0.2, 0.25) is 41.4 Å². The molecule has 388 valence electrons. The first-order valence-electron chi connectivity index (χ1n) is 24.2. The Hall–Kier alpha value is -5.59. The van der Waals surface area contributed by atoms with Crippen molar-refractivity contribution in [3.05, 3.63) is 35.9 Å². The zero-order chi connectivity index (χ0) is 52.8. The van der Waals surface area contributed by atoms with Gasteiger partial charge in [0, 0.05) is 46.6 Å². The van der Waals surface area contributed by atoms with Gasteiger partial charge in [0.25, 0.3) is 5.91 Å². The molecule has 1 aliphatic rings. The highest BCUT2D eigenvalue weighted by molar-refractivity contribution is 5.95. The lowest BCUT2D eigenvalue weighted by molar-refractivity contribution is -0.164. The third kappa shape index (κ3) is 15.7. The van der Waals surface area contributed by atoms with Crippen molar-refractivity contribution in [2.45, 2.75) is 157 Å². The predicted molar refractivity (Wildman–Crippen MR) is 260 cm³/mol. The second-order valence-electron chi connectivity index (χ2n) is 20.0. The molecule has 1 heterocycles. The molecule has 1 fully saturated rings. The number of nitrogens with zero attached hydrogens (tertiary/aromatic N) is 4. The van der Waals surface area contributed by atoms with Crippen LogP contribution in [0.4, 0.5) is 0 Å². The summed E-state index contributed by atoms with van der Waals surface area (Å²) < 4.78 is 5.78.